The zero-order chi connectivity index (χ0) is 39.5. The van der Waals surface area contributed by atoms with Gasteiger partial charge < -0.3 is 4.74 Å². The first-order valence-corrected chi connectivity index (χ1v) is 16.1. The first kappa shape index (κ1) is 45.3. The zero-order valence-corrected chi connectivity index (χ0v) is 27.7. The van der Waals surface area contributed by atoms with Gasteiger partial charge in [-0.2, -0.15) is 65.9 Å². The molecule has 0 aliphatic carbocycles. The predicted molar refractivity (Wildman–Crippen MR) is 155 cm³/mol. The minimum absolute atomic E-state index is 0.0472. The van der Waals surface area contributed by atoms with Crippen molar-refractivity contribution in [3.05, 3.63) is 47.8 Å². The van der Waals surface area contributed by atoms with Gasteiger partial charge in [0.15, 0.2) is 5.82 Å². The van der Waals surface area contributed by atoms with Gasteiger partial charge in [-0.25, -0.2) is 19.4 Å². The lowest BCUT2D eigenvalue weighted by molar-refractivity contribution is -0.543. The number of aryl methyl sites for hydroxylation is 2. The van der Waals surface area contributed by atoms with E-state index in [2.05, 4.69) is 26.4 Å². The molecular weight excluding hydrogens is 745 g/mol. The van der Waals surface area contributed by atoms with Gasteiger partial charge in [-0.15, -0.1) is 0 Å². The minimum atomic E-state index is -7.90. The summed E-state index contributed by atoms with van der Waals surface area (Å²) in [5.41, 5.74) is 2.84. The van der Waals surface area contributed by atoms with E-state index in [0.717, 1.165) is 36.0 Å². The Morgan fingerprint density at radius 3 is 1.54 bits per heavy atom. The van der Waals surface area contributed by atoms with Crippen LogP contribution in [0, 0.1) is 0 Å². The summed E-state index contributed by atoms with van der Waals surface area (Å²) in [4.78, 5) is 8.87. The topological polar surface area (TPSA) is 53.5 Å². The molecule has 0 N–H and O–H groups in total. The second-order valence-electron chi connectivity index (χ2n) is 11.9. The van der Waals surface area contributed by atoms with E-state index in [-0.39, 0.29) is 6.42 Å². The van der Waals surface area contributed by atoms with Crippen molar-refractivity contribution in [2.45, 2.75) is 126 Å². The Morgan fingerprint density at radius 2 is 1.00 bits per heavy atom. The molecule has 0 aliphatic heterocycles. The van der Waals surface area contributed by atoms with Crippen molar-refractivity contribution in [2.24, 2.45) is 0 Å². The van der Waals surface area contributed by atoms with Crippen LogP contribution in [0.1, 0.15) is 82.3 Å². The molecule has 0 saturated carbocycles. The number of aromatic nitrogens is 2. The maximum Gasteiger partial charge on any atom is 0.460 e. The third-order valence-corrected chi connectivity index (χ3v) is 7.50. The van der Waals surface area contributed by atoms with E-state index in [0.29, 0.717) is 31.5 Å². The lowest BCUT2D eigenvalue weighted by Gasteiger charge is -2.36. The summed E-state index contributed by atoms with van der Waals surface area (Å²) in [6, 6.07) is 7.46. The van der Waals surface area contributed by atoms with Crippen molar-refractivity contribution in [3.8, 4) is 11.4 Å². The number of hydrogen-bond acceptors (Lipinski definition) is 5. The van der Waals surface area contributed by atoms with Gasteiger partial charge in [-0.05, 0) is 43.2 Å². The Bertz CT molecular complexity index is 1340. The number of alkyl halides is 15. The number of nitrogens with zero attached hydrogens (tertiary/aromatic N) is 2. The van der Waals surface area contributed by atoms with Gasteiger partial charge >= 0.3 is 42.5 Å². The second kappa shape index (κ2) is 18.4. The third-order valence-electron chi connectivity index (χ3n) is 7.50. The molecule has 20 heteroatoms. The van der Waals surface area contributed by atoms with E-state index in [1.54, 1.807) is 17.1 Å². The summed E-state index contributed by atoms with van der Waals surface area (Å²) in [6.45, 7) is -0.601. The molecule has 5 nitrogen and oxygen atoms in total. The first-order chi connectivity index (χ1) is 23.9. The van der Waals surface area contributed by atoms with Crippen molar-refractivity contribution >= 4 is 0 Å². The van der Waals surface area contributed by atoms with Crippen LogP contribution in [0.25, 0.3) is 11.4 Å². The number of ether oxygens (including phenoxy) is 3. The fraction of sp³-hybridized carbons (Fsp3) is 0.688. The highest BCUT2D eigenvalue weighted by molar-refractivity contribution is 5.55. The average Bonchev–Trinajstić information content (AvgIpc) is 3.03. The van der Waals surface area contributed by atoms with E-state index >= 15 is 0 Å². The number of rotatable bonds is 24. The van der Waals surface area contributed by atoms with Gasteiger partial charge in [0.05, 0.1) is 0 Å². The number of benzene rings is 1. The van der Waals surface area contributed by atoms with Crippen molar-refractivity contribution in [1.82, 2.24) is 9.97 Å². The normalized spacial score (nSPS) is 13.9. The van der Waals surface area contributed by atoms with Crippen LogP contribution in [0.3, 0.4) is 0 Å². The van der Waals surface area contributed by atoms with Crippen LogP contribution in [0.5, 0.6) is 0 Å². The summed E-state index contributed by atoms with van der Waals surface area (Å²) in [5, 5.41) is 0. The van der Waals surface area contributed by atoms with E-state index in [1.807, 2.05) is 24.3 Å². The van der Waals surface area contributed by atoms with E-state index in [1.165, 1.54) is 25.7 Å². The van der Waals surface area contributed by atoms with Crippen LogP contribution in [-0.2, 0) is 27.1 Å². The second-order valence-corrected chi connectivity index (χ2v) is 11.9. The van der Waals surface area contributed by atoms with Crippen molar-refractivity contribution < 1.29 is 80.1 Å². The van der Waals surface area contributed by atoms with E-state index < -0.39 is 55.7 Å². The van der Waals surface area contributed by atoms with Crippen LogP contribution in [0.4, 0.5) is 65.9 Å². The molecule has 0 fully saturated rings. The Labute approximate surface area is 289 Å². The summed E-state index contributed by atoms with van der Waals surface area (Å²) < 4.78 is 204. The molecule has 1 aromatic heterocycles. The molecule has 2 aromatic rings. The molecule has 2 rings (SSSR count). The van der Waals surface area contributed by atoms with Crippen LogP contribution >= 0.6 is 0 Å². The first-order valence-electron chi connectivity index (χ1n) is 16.1. The molecule has 0 bridgehead atoms. The molecule has 0 atom stereocenters. The zero-order valence-electron chi connectivity index (χ0n) is 27.7. The number of hydrogen-bond donors (Lipinski definition) is 0. The average molecular weight is 783 g/mol. The Hall–Kier alpha value is -2.87. The van der Waals surface area contributed by atoms with Gasteiger partial charge in [-0.3, -0.25) is 0 Å². The van der Waals surface area contributed by atoms with Crippen molar-refractivity contribution in [3.63, 3.8) is 0 Å². The molecule has 52 heavy (non-hydrogen) atoms. The molecule has 0 saturated heterocycles. The quantitative estimate of drug-likeness (QED) is 0.0784. The third kappa shape index (κ3) is 12.6. The lowest BCUT2D eigenvalue weighted by Crippen LogP contribution is -2.64. The maximum absolute atomic E-state index is 13.7. The van der Waals surface area contributed by atoms with Gasteiger partial charge in [0.2, 0.25) is 0 Å². The fourth-order valence-corrected chi connectivity index (χ4v) is 4.56. The molecule has 0 amide bonds. The largest absolute Gasteiger partial charge is 0.460 e. The highest BCUT2D eigenvalue weighted by Crippen LogP contribution is 2.56. The maximum atomic E-state index is 13.7. The van der Waals surface area contributed by atoms with Crippen LogP contribution in [0.2, 0.25) is 0 Å². The van der Waals surface area contributed by atoms with Gasteiger partial charge in [0, 0.05) is 24.6 Å². The van der Waals surface area contributed by atoms with Crippen LogP contribution in [-0.4, -0.2) is 65.6 Å². The van der Waals surface area contributed by atoms with Crippen LogP contribution in [0.15, 0.2) is 36.7 Å². The minimum Gasteiger partial charge on any atom is -0.372 e. The number of unbranched alkanes of at least 4 members (excludes halogenated alkanes) is 8. The summed E-state index contributed by atoms with van der Waals surface area (Å²) in [6.07, 6.45) is -21.0. The van der Waals surface area contributed by atoms with E-state index in [4.69, 9.17) is 0 Å². The molecule has 0 radical (unpaired) electrons. The van der Waals surface area contributed by atoms with Gasteiger partial charge in [-0.1, -0.05) is 76.1 Å². The SMILES string of the molecule is CCCCCCCCc1cnc(-c2ccc(CCCCCCOCC(F)(F)OC(F)(F)C(F)(F)OC(F)(F)C(F)(F)C(F)(F)C(F)(F)F)cc2)nc1. The molecule has 1 aromatic carbocycles. The summed E-state index contributed by atoms with van der Waals surface area (Å²) in [7, 11) is 0. The molecule has 0 aliphatic rings. The molecule has 1 heterocycles. The summed E-state index contributed by atoms with van der Waals surface area (Å²) in [5.74, 6) is -15.1. The molecular formula is C32H37F15N2O3. The fourth-order valence-electron chi connectivity index (χ4n) is 4.56. The van der Waals surface area contributed by atoms with E-state index in [9.17, 15) is 65.9 Å². The Balaban J connectivity index is 1.73. The Kier molecular flexibility index (Phi) is 16.1. The monoisotopic (exact) mass is 782 g/mol. The molecule has 0 unspecified atom stereocenters. The highest BCUT2D eigenvalue weighted by atomic mass is 19.4. The number of halogens is 15. The van der Waals surface area contributed by atoms with Gasteiger partial charge in [0.1, 0.15) is 6.61 Å². The highest BCUT2D eigenvalue weighted by Gasteiger charge is 2.85. The Morgan fingerprint density at radius 1 is 0.519 bits per heavy atom. The van der Waals surface area contributed by atoms with Crippen molar-refractivity contribution in [2.75, 3.05) is 13.2 Å². The molecule has 0 spiro atoms. The summed E-state index contributed by atoms with van der Waals surface area (Å²) >= 11 is 0. The predicted octanol–water partition coefficient (Wildman–Crippen LogP) is 11.4. The smallest absolute Gasteiger partial charge is 0.372 e. The van der Waals surface area contributed by atoms with Crippen molar-refractivity contribution in [1.29, 1.82) is 0 Å². The molecule has 298 valence electrons. The standard InChI is InChI=1S/C32H37F15N2O3/c1-2-3-4-5-6-10-13-23-19-48-25(49-20-23)24-16-14-22(15-17-24)12-9-7-8-11-18-50-21-26(33,34)51-31(44,45)32(46,47)52-30(42,43)28(37,38)27(35,36)29(39,40)41/h14-17,19-20H,2-13,18,21H2,1H3. The van der Waals surface area contributed by atoms with Crippen LogP contribution < -0.4 is 0 Å². The van der Waals surface area contributed by atoms with Gasteiger partial charge in [0.25, 0.3) is 0 Å². The lowest BCUT2D eigenvalue weighted by atomic mass is 10.0.